The van der Waals surface area contributed by atoms with Crippen molar-refractivity contribution in [1.29, 1.82) is 0 Å². The second-order valence-electron chi connectivity index (χ2n) is 7.90. The summed E-state index contributed by atoms with van der Waals surface area (Å²) in [7, 11) is 0. The predicted octanol–water partition coefficient (Wildman–Crippen LogP) is 4.18. The normalized spacial score (nSPS) is 29.1. The van der Waals surface area contributed by atoms with Crippen LogP contribution in [0.4, 0.5) is 0 Å². The van der Waals surface area contributed by atoms with Crippen molar-refractivity contribution in [2.24, 2.45) is 16.7 Å². The monoisotopic (exact) mass is 225 g/mol. The molecule has 1 heterocycles. The van der Waals surface area contributed by atoms with E-state index in [2.05, 4.69) is 60.3 Å². The Morgan fingerprint density at radius 1 is 0.938 bits per heavy atom. The highest BCUT2D eigenvalue weighted by Gasteiger charge is 2.46. The van der Waals surface area contributed by atoms with Crippen molar-refractivity contribution in [2.75, 3.05) is 6.54 Å². The van der Waals surface area contributed by atoms with Crippen LogP contribution in [0, 0.1) is 16.7 Å². The summed E-state index contributed by atoms with van der Waals surface area (Å²) >= 11 is 0. The third kappa shape index (κ3) is 2.80. The molecule has 0 saturated carbocycles. The van der Waals surface area contributed by atoms with E-state index >= 15 is 0 Å². The Labute approximate surface area is 103 Å². The lowest BCUT2D eigenvalue weighted by molar-refractivity contribution is 0.0482. The van der Waals surface area contributed by atoms with Gasteiger partial charge < -0.3 is 0 Å². The minimum Gasteiger partial charge on any atom is -0.297 e. The van der Waals surface area contributed by atoms with Gasteiger partial charge in [0.15, 0.2) is 0 Å². The molecule has 0 N–H and O–H groups in total. The summed E-state index contributed by atoms with van der Waals surface area (Å²) in [4.78, 5) is 2.72. The molecule has 0 bridgehead atoms. The van der Waals surface area contributed by atoms with E-state index < -0.39 is 0 Å². The highest BCUT2D eigenvalue weighted by molar-refractivity contribution is 4.99. The number of hydrogen-bond acceptors (Lipinski definition) is 1. The van der Waals surface area contributed by atoms with E-state index in [1.807, 2.05) is 0 Å². The second-order valence-corrected chi connectivity index (χ2v) is 7.90. The van der Waals surface area contributed by atoms with Crippen molar-refractivity contribution >= 4 is 0 Å². The summed E-state index contributed by atoms with van der Waals surface area (Å²) in [5.74, 6) is 0.829. The van der Waals surface area contributed by atoms with Crippen LogP contribution < -0.4 is 0 Å². The lowest BCUT2D eigenvalue weighted by atomic mass is 9.68. The molecule has 0 aromatic rings. The largest absolute Gasteiger partial charge is 0.297 e. The van der Waals surface area contributed by atoms with Crippen molar-refractivity contribution in [2.45, 2.75) is 73.9 Å². The molecule has 0 spiro atoms. The van der Waals surface area contributed by atoms with Crippen LogP contribution >= 0.6 is 0 Å². The van der Waals surface area contributed by atoms with E-state index in [0.29, 0.717) is 16.9 Å². The van der Waals surface area contributed by atoms with Gasteiger partial charge in [-0.25, -0.2) is 0 Å². The van der Waals surface area contributed by atoms with E-state index in [9.17, 15) is 0 Å². The van der Waals surface area contributed by atoms with Crippen LogP contribution in [0.2, 0.25) is 0 Å². The molecule has 1 rings (SSSR count). The fourth-order valence-electron chi connectivity index (χ4n) is 3.40. The van der Waals surface area contributed by atoms with Gasteiger partial charge >= 0.3 is 0 Å². The van der Waals surface area contributed by atoms with Crippen LogP contribution in [0.3, 0.4) is 0 Å². The van der Waals surface area contributed by atoms with Gasteiger partial charge in [0.05, 0.1) is 0 Å². The van der Waals surface area contributed by atoms with E-state index in [0.717, 1.165) is 12.0 Å². The quantitative estimate of drug-likeness (QED) is 0.647. The highest BCUT2D eigenvalue weighted by Crippen LogP contribution is 2.45. The molecule has 1 aliphatic rings. The van der Waals surface area contributed by atoms with Gasteiger partial charge in [0.1, 0.15) is 0 Å². The van der Waals surface area contributed by atoms with E-state index in [-0.39, 0.29) is 0 Å². The molecular formula is C15H31N. The Hall–Kier alpha value is -0.0400. The molecule has 0 radical (unpaired) electrons. The first-order valence-electron chi connectivity index (χ1n) is 6.81. The van der Waals surface area contributed by atoms with E-state index in [1.54, 1.807) is 0 Å². The fraction of sp³-hybridized carbons (Fsp3) is 1.00. The van der Waals surface area contributed by atoms with Crippen LogP contribution in [0.1, 0.15) is 61.8 Å². The molecule has 1 fully saturated rings. The smallest absolute Gasteiger partial charge is 0.0180 e. The molecular weight excluding hydrogens is 194 g/mol. The molecule has 16 heavy (non-hydrogen) atoms. The van der Waals surface area contributed by atoms with Gasteiger partial charge in [-0.05, 0) is 43.6 Å². The Kier molecular flexibility index (Phi) is 3.79. The van der Waals surface area contributed by atoms with Gasteiger partial charge in [-0.2, -0.15) is 0 Å². The Balaban J connectivity index is 2.98. The van der Waals surface area contributed by atoms with Gasteiger partial charge in [0.2, 0.25) is 0 Å². The minimum absolute atomic E-state index is 0.388. The van der Waals surface area contributed by atoms with Gasteiger partial charge in [0, 0.05) is 12.1 Å². The first-order chi connectivity index (χ1) is 7.05. The minimum atomic E-state index is 0.388. The number of rotatable bonds is 1. The molecule has 0 aromatic heterocycles. The van der Waals surface area contributed by atoms with Crippen molar-refractivity contribution in [3.05, 3.63) is 0 Å². The maximum Gasteiger partial charge on any atom is 0.0180 e. The third-order valence-electron chi connectivity index (χ3n) is 4.10. The molecule has 1 saturated heterocycles. The van der Waals surface area contributed by atoms with Crippen LogP contribution in [0.15, 0.2) is 0 Å². The van der Waals surface area contributed by atoms with E-state index in [4.69, 9.17) is 0 Å². The van der Waals surface area contributed by atoms with Crippen LogP contribution in [-0.4, -0.2) is 23.5 Å². The van der Waals surface area contributed by atoms with Crippen molar-refractivity contribution in [3.63, 3.8) is 0 Å². The molecule has 0 aliphatic carbocycles. The van der Waals surface area contributed by atoms with Gasteiger partial charge in [0.25, 0.3) is 0 Å². The second kappa shape index (κ2) is 4.33. The van der Waals surface area contributed by atoms with E-state index in [1.165, 1.54) is 13.0 Å². The van der Waals surface area contributed by atoms with Gasteiger partial charge in [-0.3, -0.25) is 4.90 Å². The highest BCUT2D eigenvalue weighted by atomic mass is 15.2. The Bertz CT molecular complexity index is 229. The molecule has 2 atom stereocenters. The topological polar surface area (TPSA) is 3.24 Å². The number of nitrogens with zero attached hydrogens (tertiary/aromatic N) is 1. The summed E-state index contributed by atoms with van der Waals surface area (Å²) in [5.41, 5.74) is 0.820. The van der Waals surface area contributed by atoms with Crippen molar-refractivity contribution in [1.82, 2.24) is 4.90 Å². The zero-order chi connectivity index (χ0) is 12.7. The fourth-order valence-corrected chi connectivity index (χ4v) is 3.40. The first-order valence-corrected chi connectivity index (χ1v) is 6.81. The van der Waals surface area contributed by atoms with Crippen molar-refractivity contribution < 1.29 is 0 Å². The maximum atomic E-state index is 2.72. The van der Waals surface area contributed by atoms with Crippen LogP contribution in [-0.2, 0) is 0 Å². The summed E-state index contributed by atoms with van der Waals surface area (Å²) in [5, 5.41) is 0. The molecule has 0 aromatic carbocycles. The SMILES string of the molecule is CC(C)N1CCC(C(C)(C)C)C1C(C)(C)C. The summed E-state index contributed by atoms with van der Waals surface area (Å²) < 4.78 is 0. The summed E-state index contributed by atoms with van der Waals surface area (Å²) in [6, 6.07) is 1.41. The molecule has 0 amide bonds. The Morgan fingerprint density at radius 2 is 1.44 bits per heavy atom. The van der Waals surface area contributed by atoms with Crippen LogP contribution in [0.5, 0.6) is 0 Å². The molecule has 2 unspecified atom stereocenters. The van der Waals surface area contributed by atoms with Gasteiger partial charge in [-0.1, -0.05) is 41.5 Å². The van der Waals surface area contributed by atoms with Gasteiger partial charge in [-0.15, -0.1) is 0 Å². The molecule has 96 valence electrons. The zero-order valence-corrected chi connectivity index (χ0v) is 12.6. The summed E-state index contributed by atoms with van der Waals surface area (Å²) in [6.07, 6.45) is 1.36. The average Bonchev–Trinajstić information content (AvgIpc) is 2.43. The molecule has 1 aliphatic heterocycles. The molecule has 1 heteroatoms. The molecule has 1 nitrogen and oxygen atoms in total. The average molecular weight is 225 g/mol. The van der Waals surface area contributed by atoms with Crippen LogP contribution in [0.25, 0.3) is 0 Å². The lowest BCUT2D eigenvalue weighted by Crippen LogP contribution is -2.48. The summed E-state index contributed by atoms with van der Waals surface area (Å²) in [6.45, 7) is 20.4. The predicted molar refractivity (Wildman–Crippen MR) is 72.6 cm³/mol. The number of likely N-dealkylation sites (tertiary alicyclic amines) is 1. The standard InChI is InChI=1S/C15H31N/c1-11(2)16-10-9-12(14(3,4)5)13(16)15(6,7)8/h11-13H,9-10H2,1-8H3. The zero-order valence-electron chi connectivity index (χ0n) is 12.6. The third-order valence-corrected chi connectivity index (χ3v) is 4.10. The number of hydrogen-bond donors (Lipinski definition) is 0. The maximum absolute atomic E-state index is 2.72. The first kappa shape index (κ1) is 14.0. The van der Waals surface area contributed by atoms with Crippen molar-refractivity contribution in [3.8, 4) is 0 Å². The lowest BCUT2D eigenvalue weighted by Gasteiger charge is -2.44. The Morgan fingerprint density at radius 3 is 1.75 bits per heavy atom.